The third kappa shape index (κ3) is 5.27. The zero-order chi connectivity index (χ0) is 25.7. The monoisotopic (exact) mass is 494 g/mol. The van der Waals surface area contributed by atoms with Crippen LogP contribution in [0.3, 0.4) is 0 Å². The van der Waals surface area contributed by atoms with Gasteiger partial charge in [-0.05, 0) is 54.5 Å². The molecule has 0 atom stereocenters. The number of hydrogen-bond acceptors (Lipinski definition) is 4. The van der Waals surface area contributed by atoms with Gasteiger partial charge in [0.2, 0.25) is 0 Å². The van der Waals surface area contributed by atoms with Gasteiger partial charge in [0.05, 0.1) is 30.5 Å². The molecule has 0 aliphatic heterocycles. The number of benzene rings is 2. The third-order valence-electron chi connectivity index (χ3n) is 5.66. The Morgan fingerprint density at radius 2 is 1.78 bits per heavy atom. The Kier molecular flexibility index (Phi) is 7.43. The van der Waals surface area contributed by atoms with Gasteiger partial charge in [-0.15, -0.1) is 0 Å². The van der Waals surface area contributed by atoms with Crippen molar-refractivity contribution in [1.82, 2.24) is 9.38 Å². The van der Waals surface area contributed by atoms with E-state index in [4.69, 9.17) is 9.47 Å². The van der Waals surface area contributed by atoms with Crippen LogP contribution in [-0.4, -0.2) is 23.1 Å². The zero-order valence-electron chi connectivity index (χ0n) is 19.9. The van der Waals surface area contributed by atoms with Crippen LogP contribution in [-0.2, 0) is 6.18 Å². The van der Waals surface area contributed by atoms with Crippen molar-refractivity contribution in [2.24, 2.45) is 0 Å². The summed E-state index contributed by atoms with van der Waals surface area (Å²) < 4.78 is 52.1. The highest BCUT2D eigenvalue weighted by Crippen LogP contribution is 2.34. The normalized spacial score (nSPS) is 11.8. The van der Waals surface area contributed by atoms with Crippen LogP contribution in [0.2, 0.25) is 0 Å². The van der Waals surface area contributed by atoms with Crippen LogP contribution in [0.15, 0.2) is 71.7 Å². The van der Waals surface area contributed by atoms with Gasteiger partial charge in [0.15, 0.2) is 11.5 Å². The number of pyridine rings is 1. The first-order valence-corrected chi connectivity index (χ1v) is 11.5. The van der Waals surface area contributed by atoms with E-state index in [0.29, 0.717) is 35.0 Å². The molecule has 8 heteroatoms. The molecule has 4 rings (SSSR count). The van der Waals surface area contributed by atoms with Gasteiger partial charge in [-0.2, -0.15) is 13.2 Å². The lowest BCUT2D eigenvalue weighted by Crippen LogP contribution is -2.18. The molecule has 0 spiro atoms. The molecule has 4 aromatic rings. The second-order valence-electron chi connectivity index (χ2n) is 8.10. The van der Waals surface area contributed by atoms with E-state index in [-0.39, 0.29) is 11.1 Å². The minimum absolute atomic E-state index is 0.194. The lowest BCUT2D eigenvalue weighted by molar-refractivity contribution is -0.137. The van der Waals surface area contributed by atoms with Crippen molar-refractivity contribution in [2.75, 3.05) is 13.7 Å². The molecule has 36 heavy (non-hydrogen) atoms. The average Bonchev–Trinajstić information content (AvgIpc) is 2.87. The summed E-state index contributed by atoms with van der Waals surface area (Å²) in [6.45, 7) is 2.59. The van der Waals surface area contributed by atoms with Gasteiger partial charge in [-0.3, -0.25) is 9.20 Å². The SMILES string of the molecule is CCCCOc1c(/C=C/c2nc3ccccn3c(=O)c2-c2ccc(C(F)(F)F)cc2)cccc1OC. The molecule has 0 unspecified atom stereocenters. The molecule has 0 fully saturated rings. The van der Waals surface area contributed by atoms with Crippen LogP contribution in [0.25, 0.3) is 28.9 Å². The number of ether oxygens (including phenoxy) is 2. The highest BCUT2D eigenvalue weighted by Gasteiger charge is 2.30. The maximum absolute atomic E-state index is 13.4. The van der Waals surface area contributed by atoms with Crippen LogP contribution < -0.4 is 15.0 Å². The van der Waals surface area contributed by atoms with E-state index in [1.807, 2.05) is 12.1 Å². The fourth-order valence-corrected chi connectivity index (χ4v) is 3.79. The van der Waals surface area contributed by atoms with E-state index in [2.05, 4.69) is 11.9 Å². The maximum Gasteiger partial charge on any atom is 0.416 e. The lowest BCUT2D eigenvalue weighted by Gasteiger charge is -2.13. The van der Waals surface area contributed by atoms with Crippen molar-refractivity contribution in [2.45, 2.75) is 25.9 Å². The van der Waals surface area contributed by atoms with Crippen LogP contribution >= 0.6 is 0 Å². The maximum atomic E-state index is 13.4. The largest absolute Gasteiger partial charge is 0.493 e. The molecule has 0 bridgehead atoms. The lowest BCUT2D eigenvalue weighted by atomic mass is 10.0. The molecule has 0 N–H and O–H groups in total. The van der Waals surface area contributed by atoms with Crippen LogP contribution in [0.1, 0.15) is 36.6 Å². The van der Waals surface area contributed by atoms with Crippen LogP contribution in [0.5, 0.6) is 11.5 Å². The second-order valence-corrected chi connectivity index (χ2v) is 8.10. The number of hydrogen-bond donors (Lipinski definition) is 0. The van der Waals surface area contributed by atoms with E-state index < -0.39 is 11.7 Å². The quantitative estimate of drug-likeness (QED) is 0.255. The summed E-state index contributed by atoms with van der Waals surface area (Å²) in [5.74, 6) is 1.14. The molecule has 0 amide bonds. The van der Waals surface area contributed by atoms with Crippen molar-refractivity contribution in [3.63, 3.8) is 0 Å². The molecule has 0 saturated carbocycles. The Balaban J connectivity index is 1.84. The first-order chi connectivity index (χ1) is 17.3. The van der Waals surface area contributed by atoms with Crippen LogP contribution in [0, 0.1) is 0 Å². The number of rotatable bonds is 8. The second kappa shape index (κ2) is 10.7. The number of para-hydroxylation sites is 1. The summed E-state index contributed by atoms with van der Waals surface area (Å²) in [5.41, 5.74) is 0.825. The predicted octanol–water partition coefficient (Wildman–Crippen LogP) is 6.74. The van der Waals surface area contributed by atoms with Gasteiger partial charge in [0.25, 0.3) is 5.56 Å². The average molecular weight is 495 g/mol. The molecule has 0 radical (unpaired) electrons. The van der Waals surface area contributed by atoms with Gasteiger partial charge in [-0.1, -0.05) is 43.7 Å². The standard InChI is InChI=1S/C28H25F3N2O3/c1-3-4-18-36-26-20(8-7-9-23(26)35-2)13-16-22-25(19-11-14-21(15-12-19)28(29,30)31)27(34)33-17-6-5-10-24(33)32-22/h5-17H,3-4,18H2,1-2H3/b16-13+. The number of alkyl halides is 3. The van der Waals surface area contributed by atoms with Gasteiger partial charge in [-0.25, -0.2) is 4.98 Å². The number of halogens is 3. The summed E-state index contributed by atoms with van der Waals surface area (Å²) in [6.07, 6.45) is 2.39. The van der Waals surface area contributed by atoms with Crippen molar-refractivity contribution < 1.29 is 22.6 Å². The minimum atomic E-state index is -4.47. The number of methoxy groups -OCH3 is 1. The molecule has 2 aromatic heterocycles. The minimum Gasteiger partial charge on any atom is -0.493 e. The number of aromatic nitrogens is 2. The van der Waals surface area contributed by atoms with E-state index in [9.17, 15) is 18.0 Å². The van der Waals surface area contributed by atoms with Crippen molar-refractivity contribution in [3.8, 4) is 22.6 Å². The number of fused-ring (bicyclic) bond motifs is 1. The molecule has 5 nitrogen and oxygen atoms in total. The third-order valence-corrected chi connectivity index (χ3v) is 5.66. The molecular weight excluding hydrogens is 469 g/mol. The van der Waals surface area contributed by atoms with Gasteiger partial charge in [0, 0.05) is 11.8 Å². The zero-order valence-corrected chi connectivity index (χ0v) is 19.9. The Morgan fingerprint density at radius 1 is 1.00 bits per heavy atom. The predicted molar refractivity (Wildman–Crippen MR) is 134 cm³/mol. The van der Waals surface area contributed by atoms with Crippen molar-refractivity contribution in [1.29, 1.82) is 0 Å². The summed E-state index contributed by atoms with van der Waals surface area (Å²) in [6, 6.07) is 15.1. The summed E-state index contributed by atoms with van der Waals surface area (Å²) in [5, 5.41) is 0. The molecule has 186 valence electrons. The molecule has 2 heterocycles. The smallest absolute Gasteiger partial charge is 0.416 e. The summed E-state index contributed by atoms with van der Waals surface area (Å²) in [7, 11) is 1.56. The summed E-state index contributed by atoms with van der Waals surface area (Å²) >= 11 is 0. The Labute approximate surface area is 206 Å². The van der Waals surface area contributed by atoms with Gasteiger partial charge in [0.1, 0.15) is 5.65 Å². The van der Waals surface area contributed by atoms with Crippen molar-refractivity contribution in [3.05, 3.63) is 94.0 Å². The van der Waals surface area contributed by atoms with E-state index in [1.165, 1.54) is 16.5 Å². The first kappa shape index (κ1) is 25.0. The topological polar surface area (TPSA) is 52.8 Å². The van der Waals surface area contributed by atoms with E-state index in [1.54, 1.807) is 49.7 Å². The Hall–Kier alpha value is -4.07. The van der Waals surface area contributed by atoms with Gasteiger partial charge >= 0.3 is 6.18 Å². The van der Waals surface area contributed by atoms with E-state index in [0.717, 1.165) is 30.5 Å². The molecular formula is C28H25F3N2O3. The Bertz CT molecular complexity index is 1440. The fourth-order valence-electron chi connectivity index (χ4n) is 3.79. The van der Waals surface area contributed by atoms with Crippen molar-refractivity contribution >= 4 is 17.8 Å². The van der Waals surface area contributed by atoms with Crippen LogP contribution in [0.4, 0.5) is 13.2 Å². The first-order valence-electron chi connectivity index (χ1n) is 11.5. The molecule has 0 saturated heterocycles. The number of unbranched alkanes of at least 4 members (excludes halogenated alkanes) is 1. The highest BCUT2D eigenvalue weighted by molar-refractivity contribution is 5.81. The highest BCUT2D eigenvalue weighted by atomic mass is 19.4. The van der Waals surface area contributed by atoms with E-state index >= 15 is 0 Å². The van der Waals surface area contributed by atoms with Gasteiger partial charge < -0.3 is 9.47 Å². The number of nitrogens with zero attached hydrogens (tertiary/aromatic N) is 2. The summed E-state index contributed by atoms with van der Waals surface area (Å²) in [4.78, 5) is 18.0. The molecule has 2 aromatic carbocycles. The molecule has 0 aliphatic rings. The fraction of sp³-hybridized carbons (Fsp3) is 0.214. The molecule has 0 aliphatic carbocycles. The Morgan fingerprint density at radius 3 is 2.47 bits per heavy atom.